The third-order valence-corrected chi connectivity index (χ3v) is 5.75. The average Bonchev–Trinajstić information content (AvgIpc) is 3.08. The molecule has 172 valence electrons. The van der Waals surface area contributed by atoms with Crippen LogP contribution in [-0.4, -0.2) is 38.5 Å². The van der Waals surface area contributed by atoms with Gasteiger partial charge in [0.05, 0.1) is 23.5 Å². The molecule has 2 aromatic carbocycles. The van der Waals surface area contributed by atoms with Gasteiger partial charge in [-0.3, -0.25) is 14.5 Å². The van der Waals surface area contributed by atoms with E-state index in [9.17, 15) is 13.2 Å². The second kappa shape index (κ2) is 9.49. The minimum absolute atomic E-state index is 0.0220. The molecule has 0 saturated heterocycles. The van der Waals surface area contributed by atoms with Crippen molar-refractivity contribution in [1.29, 1.82) is 0 Å². The lowest BCUT2D eigenvalue weighted by atomic mass is 9.97. The molecular weight excluding hydrogens is 451 g/mol. The van der Waals surface area contributed by atoms with Gasteiger partial charge in [0.2, 0.25) is 0 Å². The second-order valence-electron chi connectivity index (χ2n) is 7.74. The number of benzene rings is 2. The van der Waals surface area contributed by atoms with Crippen molar-refractivity contribution in [2.24, 2.45) is 4.99 Å². The normalized spacial score (nSPS) is 13.3. The van der Waals surface area contributed by atoms with E-state index in [4.69, 9.17) is 11.6 Å². The van der Waals surface area contributed by atoms with E-state index in [1.54, 1.807) is 36.4 Å². The Morgan fingerprint density at radius 3 is 2.58 bits per heavy atom. The monoisotopic (exact) mass is 473 g/mol. The molecule has 0 saturated carbocycles. The van der Waals surface area contributed by atoms with Crippen LogP contribution < -0.4 is 0 Å². The van der Waals surface area contributed by atoms with Crippen molar-refractivity contribution in [2.75, 3.05) is 13.1 Å². The molecule has 1 aliphatic rings. The highest BCUT2D eigenvalue weighted by atomic mass is 35.5. The highest BCUT2D eigenvalue weighted by molar-refractivity contribution is 6.35. The van der Waals surface area contributed by atoms with Crippen LogP contribution in [0.15, 0.2) is 60.1 Å². The van der Waals surface area contributed by atoms with Crippen LogP contribution in [0.1, 0.15) is 41.7 Å². The molecule has 9 heteroatoms. The van der Waals surface area contributed by atoms with Crippen LogP contribution >= 0.6 is 11.6 Å². The predicted octanol–water partition coefficient (Wildman–Crippen LogP) is 5.69. The Morgan fingerprint density at radius 1 is 1.12 bits per heavy atom. The molecule has 4 rings (SSSR count). The molecule has 0 amide bonds. The Balaban J connectivity index is 1.95. The van der Waals surface area contributed by atoms with E-state index >= 15 is 0 Å². The molecule has 0 aliphatic carbocycles. The molecule has 0 spiro atoms. The van der Waals surface area contributed by atoms with Crippen LogP contribution in [0.25, 0.3) is 5.69 Å². The summed E-state index contributed by atoms with van der Waals surface area (Å²) in [6, 6.07) is 11.1. The van der Waals surface area contributed by atoms with Crippen molar-refractivity contribution in [3.63, 3.8) is 0 Å². The van der Waals surface area contributed by atoms with Gasteiger partial charge in [-0.2, -0.15) is 13.2 Å². The van der Waals surface area contributed by atoms with Crippen molar-refractivity contribution in [2.45, 2.75) is 32.6 Å². The van der Waals surface area contributed by atoms with E-state index in [-0.39, 0.29) is 12.2 Å². The molecule has 0 bridgehead atoms. The zero-order valence-electron chi connectivity index (χ0n) is 18.1. The fourth-order valence-corrected chi connectivity index (χ4v) is 4.30. The third-order valence-electron chi connectivity index (χ3n) is 5.42. The summed E-state index contributed by atoms with van der Waals surface area (Å²) in [6.07, 6.45) is -1.92. The summed E-state index contributed by atoms with van der Waals surface area (Å²) in [4.78, 5) is 6.71. The molecule has 5 nitrogen and oxygen atoms in total. The number of aromatic nitrogens is 3. The second-order valence-corrected chi connectivity index (χ2v) is 8.14. The Kier molecular flexibility index (Phi) is 6.67. The van der Waals surface area contributed by atoms with E-state index in [1.807, 2.05) is 6.92 Å². The Morgan fingerprint density at radius 2 is 1.88 bits per heavy atom. The van der Waals surface area contributed by atoms with Crippen molar-refractivity contribution in [3.05, 3.63) is 88.5 Å². The lowest BCUT2D eigenvalue weighted by Gasteiger charge is -2.22. The summed E-state index contributed by atoms with van der Waals surface area (Å²) in [5.74, 6) is 0.772. The van der Waals surface area contributed by atoms with Gasteiger partial charge in [0.25, 0.3) is 0 Å². The molecule has 33 heavy (non-hydrogen) atoms. The fourth-order valence-electron chi connectivity index (χ4n) is 4.07. The number of rotatable bonds is 7. The number of halogens is 4. The minimum atomic E-state index is -4.58. The number of aliphatic imine (C=N–C) groups is 1. The van der Waals surface area contributed by atoms with Crippen LogP contribution in [0.2, 0.25) is 5.02 Å². The van der Waals surface area contributed by atoms with Gasteiger partial charge in [-0.1, -0.05) is 54.9 Å². The molecular formula is C24H23ClF3N5. The minimum Gasteiger partial charge on any atom is -0.292 e. The van der Waals surface area contributed by atoms with Gasteiger partial charge < -0.3 is 0 Å². The van der Waals surface area contributed by atoms with Crippen molar-refractivity contribution in [1.82, 2.24) is 19.7 Å². The molecule has 0 atom stereocenters. The number of nitrogens with zero attached hydrogens (tertiary/aromatic N) is 5. The van der Waals surface area contributed by atoms with Crippen LogP contribution in [0, 0.1) is 0 Å². The first-order chi connectivity index (χ1) is 15.8. The summed E-state index contributed by atoms with van der Waals surface area (Å²) in [5.41, 5.74) is 0.512. The molecule has 1 aliphatic heterocycles. The average molecular weight is 474 g/mol. The van der Waals surface area contributed by atoms with Gasteiger partial charge in [-0.05, 0) is 25.1 Å². The van der Waals surface area contributed by atoms with E-state index in [0.717, 1.165) is 19.0 Å². The summed E-state index contributed by atoms with van der Waals surface area (Å²) < 4.78 is 44.1. The molecule has 3 aromatic rings. The van der Waals surface area contributed by atoms with E-state index in [2.05, 4.69) is 26.7 Å². The maximum Gasteiger partial charge on any atom is 0.418 e. The standard InChI is InChI=1S/C24H23ClF3N5/c1-3-12-32(13-4-2)15-21-31-30-20-14-29-22(16-8-5-6-11-19(16)25)17-9-7-10-18(24(26,27)28)23(17)33(20)21/h3,5-11H,1,4,12-15H2,2H3. The van der Waals surface area contributed by atoms with Crippen molar-refractivity contribution >= 4 is 17.3 Å². The van der Waals surface area contributed by atoms with E-state index < -0.39 is 11.7 Å². The van der Waals surface area contributed by atoms with Gasteiger partial charge in [0, 0.05) is 22.7 Å². The predicted molar refractivity (Wildman–Crippen MR) is 123 cm³/mol. The van der Waals surface area contributed by atoms with Crippen molar-refractivity contribution in [3.8, 4) is 5.69 Å². The van der Waals surface area contributed by atoms with E-state index in [1.165, 1.54) is 10.6 Å². The molecule has 2 heterocycles. The molecule has 0 N–H and O–H groups in total. The Labute approximate surface area is 195 Å². The molecule has 0 fully saturated rings. The highest BCUT2D eigenvalue weighted by Crippen LogP contribution is 2.39. The first-order valence-corrected chi connectivity index (χ1v) is 11.0. The Hall–Kier alpha value is -2.97. The van der Waals surface area contributed by atoms with Crippen LogP contribution in [0.4, 0.5) is 13.2 Å². The van der Waals surface area contributed by atoms with Crippen LogP contribution in [0.5, 0.6) is 0 Å². The number of alkyl halides is 3. The summed E-state index contributed by atoms with van der Waals surface area (Å²) in [7, 11) is 0. The molecule has 0 radical (unpaired) electrons. The number of para-hydroxylation sites is 1. The lowest BCUT2D eigenvalue weighted by Crippen LogP contribution is -2.27. The van der Waals surface area contributed by atoms with Gasteiger partial charge in [0.15, 0.2) is 11.6 Å². The molecule has 0 unspecified atom stereocenters. The quantitative estimate of drug-likeness (QED) is 0.414. The van der Waals surface area contributed by atoms with E-state index in [0.29, 0.717) is 46.6 Å². The lowest BCUT2D eigenvalue weighted by molar-refractivity contribution is -0.137. The van der Waals surface area contributed by atoms with Crippen LogP contribution in [0.3, 0.4) is 0 Å². The van der Waals surface area contributed by atoms with Gasteiger partial charge >= 0.3 is 6.18 Å². The van der Waals surface area contributed by atoms with Crippen molar-refractivity contribution < 1.29 is 13.2 Å². The Bertz CT molecular complexity index is 1200. The number of hydrogen-bond donors (Lipinski definition) is 0. The van der Waals surface area contributed by atoms with Gasteiger partial charge in [-0.25, -0.2) is 0 Å². The zero-order chi connectivity index (χ0) is 23.6. The topological polar surface area (TPSA) is 46.3 Å². The van der Waals surface area contributed by atoms with Gasteiger partial charge in [-0.15, -0.1) is 16.8 Å². The van der Waals surface area contributed by atoms with Crippen LogP contribution in [-0.2, 0) is 19.3 Å². The smallest absolute Gasteiger partial charge is 0.292 e. The maximum atomic E-state index is 14.2. The first kappa shape index (κ1) is 23.2. The van der Waals surface area contributed by atoms with Gasteiger partial charge in [0.1, 0.15) is 6.54 Å². The maximum absolute atomic E-state index is 14.2. The number of hydrogen-bond acceptors (Lipinski definition) is 4. The molecule has 1 aromatic heterocycles. The first-order valence-electron chi connectivity index (χ1n) is 10.6. The third kappa shape index (κ3) is 4.58. The summed E-state index contributed by atoms with van der Waals surface area (Å²) in [6.45, 7) is 7.58. The largest absolute Gasteiger partial charge is 0.418 e. The zero-order valence-corrected chi connectivity index (χ0v) is 18.9. The highest BCUT2D eigenvalue weighted by Gasteiger charge is 2.38. The number of fused-ring (bicyclic) bond motifs is 3. The SMILES string of the molecule is C=CCN(CCC)Cc1nnc2n1-c1c(cccc1C(F)(F)F)C(c1ccccc1Cl)=NC2. The summed E-state index contributed by atoms with van der Waals surface area (Å²) >= 11 is 6.41. The summed E-state index contributed by atoms with van der Waals surface area (Å²) in [5, 5.41) is 8.89. The fraction of sp³-hybridized carbons (Fsp3) is 0.292.